The number of rotatable bonds is 9. The van der Waals surface area contributed by atoms with Crippen LogP contribution in [-0.2, 0) is 25.4 Å². The van der Waals surface area contributed by atoms with E-state index in [0.717, 1.165) is 12.8 Å². The second-order valence-electron chi connectivity index (χ2n) is 7.01. The minimum Gasteiger partial charge on any atom is -0.480 e. The summed E-state index contributed by atoms with van der Waals surface area (Å²) in [6.45, 7) is 3.22. The summed E-state index contributed by atoms with van der Waals surface area (Å²) in [6.07, 6.45) is 3.02. The molecule has 1 amide bonds. The van der Waals surface area contributed by atoms with Crippen molar-refractivity contribution >= 4 is 21.9 Å². The zero-order valence-corrected chi connectivity index (χ0v) is 16.5. The Labute approximate surface area is 160 Å². The van der Waals surface area contributed by atoms with E-state index >= 15 is 0 Å². The number of carbonyl (C=O) groups excluding carboxylic acids is 1. The number of nitrogens with one attached hydrogen (secondary N) is 1. The summed E-state index contributed by atoms with van der Waals surface area (Å²) in [6, 6.07) is 7.54. The van der Waals surface area contributed by atoms with Crippen LogP contribution in [0.4, 0.5) is 0 Å². The van der Waals surface area contributed by atoms with Gasteiger partial charge < -0.3 is 10.0 Å². The second-order valence-corrected chi connectivity index (χ2v) is 8.76. The van der Waals surface area contributed by atoms with E-state index in [4.69, 9.17) is 0 Å². The third-order valence-electron chi connectivity index (χ3n) is 4.95. The minimum absolute atomic E-state index is 0.144. The van der Waals surface area contributed by atoms with Crippen LogP contribution in [0.5, 0.6) is 0 Å². The lowest BCUT2D eigenvalue weighted by atomic mass is 9.90. The fourth-order valence-corrected chi connectivity index (χ4v) is 4.75. The van der Waals surface area contributed by atoms with Crippen LogP contribution in [0.2, 0.25) is 0 Å². The number of hydrogen-bond donors (Lipinski definition) is 2. The molecule has 0 spiro atoms. The Balaban J connectivity index is 1.85. The molecule has 27 heavy (non-hydrogen) atoms. The molecule has 1 aromatic carbocycles. The van der Waals surface area contributed by atoms with E-state index in [1.165, 1.54) is 0 Å². The van der Waals surface area contributed by atoms with Gasteiger partial charge in [-0.15, -0.1) is 0 Å². The van der Waals surface area contributed by atoms with E-state index in [1.54, 1.807) is 30.3 Å². The van der Waals surface area contributed by atoms with Crippen molar-refractivity contribution in [2.75, 3.05) is 13.1 Å². The van der Waals surface area contributed by atoms with E-state index in [2.05, 4.69) is 4.72 Å². The summed E-state index contributed by atoms with van der Waals surface area (Å²) in [5, 5.41) is 9.40. The van der Waals surface area contributed by atoms with Crippen LogP contribution in [0.1, 0.15) is 44.6 Å². The average Bonchev–Trinajstić information content (AvgIpc) is 2.65. The molecule has 0 aromatic heterocycles. The molecule has 0 bridgehead atoms. The summed E-state index contributed by atoms with van der Waals surface area (Å²) in [5.41, 5.74) is 0.613. The number of likely N-dealkylation sites (tertiary alicyclic amines) is 1. The number of hydrogen-bond acceptors (Lipinski definition) is 4. The van der Waals surface area contributed by atoms with Crippen LogP contribution in [0, 0.1) is 5.92 Å². The highest BCUT2D eigenvalue weighted by Gasteiger charge is 2.27. The van der Waals surface area contributed by atoms with E-state index in [1.807, 2.05) is 11.8 Å². The molecule has 7 nitrogen and oxygen atoms in total. The van der Waals surface area contributed by atoms with E-state index < -0.39 is 22.0 Å². The maximum absolute atomic E-state index is 12.3. The van der Waals surface area contributed by atoms with Gasteiger partial charge in [0, 0.05) is 19.5 Å². The van der Waals surface area contributed by atoms with Crippen LogP contribution < -0.4 is 4.72 Å². The molecule has 1 fully saturated rings. The maximum Gasteiger partial charge on any atom is 0.321 e. The lowest BCUT2D eigenvalue weighted by molar-refractivity contribution is -0.139. The number of aliphatic carboxylic acids is 1. The molecule has 1 aliphatic heterocycles. The third kappa shape index (κ3) is 6.95. The highest BCUT2D eigenvalue weighted by atomic mass is 32.2. The standard InChI is InChI=1S/C19H28N2O5S/c1-2-18(22)21-12-10-15(11-13-21)8-9-17(19(23)24)20-27(25,26)14-16-6-4-3-5-7-16/h3-7,15,17,20H,2,8-14H2,1H3,(H,23,24). The van der Waals surface area contributed by atoms with Gasteiger partial charge in [-0.05, 0) is 37.2 Å². The van der Waals surface area contributed by atoms with Gasteiger partial charge in [-0.3, -0.25) is 9.59 Å². The number of carboxylic acids is 1. The van der Waals surface area contributed by atoms with E-state index in [9.17, 15) is 23.1 Å². The van der Waals surface area contributed by atoms with Gasteiger partial charge in [0.05, 0.1) is 5.75 Å². The number of benzene rings is 1. The number of nitrogens with zero attached hydrogens (tertiary/aromatic N) is 1. The first-order chi connectivity index (χ1) is 12.8. The summed E-state index contributed by atoms with van der Waals surface area (Å²) < 4.78 is 26.9. The van der Waals surface area contributed by atoms with Crippen molar-refractivity contribution in [3.8, 4) is 0 Å². The summed E-state index contributed by atoms with van der Waals surface area (Å²) >= 11 is 0. The van der Waals surface area contributed by atoms with Crippen molar-refractivity contribution in [2.24, 2.45) is 5.92 Å². The van der Waals surface area contributed by atoms with Gasteiger partial charge in [-0.2, -0.15) is 0 Å². The predicted molar refractivity (Wildman–Crippen MR) is 102 cm³/mol. The first-order valence-corrected chi connectivity index (χ1v) is 11.0. The molecule has 8 heteroatoms. The number of carboxylic acid groups (broad SMARTS) is 1. The monoisotopic (exact) mass is 396 g/mol. The smallest absolute Gasteiger partial charge is 0.321 e. The predicted octanol–water partition coefficient (Wildman–Crippen LogP) is 1.99. The number of sulfonamides is 1. The van der Waals surface area contributed by atoms with E-state index in [-0.39, 0.29) is 18.1 Å². The van der Waals surface area contributed by atoms with Gasteiger partial charge in [0.2, 0.25) is 15.9 Å². The van der Waals surface area contributed by atoms with Crippen molar-refractivity contribution in [1.29, 1.82) is 0 Å². The van der Waals surface area contributed by atoms with Gasteiger partial charge in [-0.25, -0.2) is 13.1 Å². The highest BCUT2D eigenvalue weighted by Crippen LogP contribution is 2.23. The van der Waals surface area contributed by atoms with Crippen molar-refractivity contribution in [2.45, 2.75) is 50.8 Å². The van der Waals surface area contributed by atoms with Crippen LogP contribution in [0.15, 0.2) is 30.3 Å². The zero-order valence-electron chi connectivity index (χ0n) is 15.6. The van der Waals surface area contributed by atoms with Crippen molar-refractivity contribution in [3.63, 3.8) is 0 Å². The minimum atomic E-state index is -3.74. The normalized spacial score (nSPS) is 16.9. The molecule has 2 rings (SSSR count). The van der Waals surface area contributed by atoms with Crippen molar-refractivity contribution < 1.29 is 23.1 Å². The Hall–Kier alpha value is -1.93. The Morgan fingerprint density at radius 3 is 2.41 bits per heavy atom. The number of piperidine rings is 1. The van der Waals surface area contributed by atoms with Gasteiger partial charge in [0.25, 0.3) is 0 Å². The maximum atomic E-state index is 12.3. The first kappa shape index (κ1) is 21.4. The fourth-order valence-electron chi connectivity index (χ4n) is 3.38. The molecule has 1 saturated heterocycles. The molecule has 1 heterocycles. The third-order valence-corrected chi connectivity index (χ3v) is 6.31. The van der Waals surface area contributed by atoms with Gasteiger partial charge in [-0.1, -0.05) is 37.3 Å². The molecular weight excluding hydrogens is 368 g/mol. The average molecular weight is 397 g/mol. The topological polar surface area (TPSA) is 104 Å². The molecule has 0 saturated carbocycles. The lowest BCUT2D eigenvalue weighted by Gasteiger charge is -2.32. The number of carbonyl (C=O) groups is 2. The van der Waals surface area contributed by atoms with Gasteiger partial charge in [0.1, 0.15) is 6.04 Å². The Morgan fingerprint density at radius 1 is 1.22 bits per heavy atom. The summed E-state index contributed by atoms with van der Waals surface area (Å²) in [4.78, 5) is 25.1. The van der Waals surface area contributed by atoms with Crippen molar-refractivity contribution in [3.05, 3.63) is 35.9 Å². The molecule has 1 aromatic rings. The second kappa shape index (κ2) is 9.85. The zero-order chi connectivity index (χ0) is 19.9. The largest absolute Gasteiger partial charge is 0.480 e. The Bertz CT molecular complexity index is 728. The molecule has 150 valence electrons. The van der Waals surface area contributed by atoms with E-state index in [0.29, 0.717) is 37.4 Å². The molecular formula is C19H28N2O5S. The molecule has 1 unspecified atom stereocenters. The van der Waals surface area contributed by atoms with Gasteiger partial charge >= 0.3 is 5.97 Å². The Morgan fingerprint density at radius 2 is 1.85 bits per heavy atom. The summed E-state index contributed by atoms with van der Waals surface area (Å²) in [5.74, 6) is -0.947. The van der Waals surface area contributed by atoms with Crippen molar-refractivity contribution in [1.82, 2.24) is 9.62 Å². The highest BCUT2D eigenvalue weighted by molar-refractivity contribution is 7.88. The van der Waals surface area contributed by atoms with Crippen LogP contribution in [0.3, 0.4) is 0 Å². The fraction of sp³-hybridized carbons (Fsp3) is 0.579. The van der Waals surface area contributed by atoms with Crippen LogP contribution in [-0.4, -0.2) is 49.4 Å². The molecule has 0 aliphatic carbocycles. The SMILES string of the molecule is CCC(=O)N1CCC(CCC(NS(=O)(=O)Cc2ccccc2)C(=O)O)CC1. The van der Waals surface area contributed by atoms with Crippen LogP contribution in [0.25, 0.3) is 0 Å². The van der Waals surface area contributed by atoms with Crippen LogP contribution >= 0.6 is 0 Å². The van der Waals surface area contributed by atoms with Gasteiger partial charge in [0.15, 0.2) is 0 Å². The molecule has 1 atom stereocenters. The molecule has 2 N–H and O–H groups in total. The molecule has 0 radical (unpaired) electrons. The first-order valence-electron chi connectivity index (χ1n) is 9.35. The lowest BCUT2D eigenvalue weighted by Crippen LogP contribution is -2.42. The quantitative estimate of drug-likeness (QED) is 0.664. The summed E-state index contributed by atoms with van der Waals surface area (Å²) in [7, 11) is -3.74. The molecule has 1 aliphatic rings. The Kier molecular flexibility index (Phi) is 7.79. The number of amides is 1.